The van der Waals surface area contributed by atoms with Crippen molar-refractivity contribution < 1.29 is 9.53 Å². The first-order valence-corrected chi connectivity index (χ1v) is 5.96. The average Bonchev–Trinajstić information content (AvgIpc) is 2.34. The summed E-state index contributed by atoms with van der Waals surface area (Å²) in [5, 5.41) is 12.0. The molecule has 0 aliphatic heterocycles. The molecule has 1 saturated carbocycles. The number of nitrogens with zero attached hydrogens (tertiary/aromatic N) is 1. The Bertz CT molecular complexity index is 499. The Morgan fingerprint density at radius 2 is 2.28 bits per heavy atom. The van der Waals surface area contributed by atoms with Crippen molar-refractivity contribution in [1.82, 2.24) is 0 Å². The van der Waals surface area contributed by atoms with E-state index in [1.165, 1.54) is 0 Å². The molecule has 0 radical (unpaired) electrons. The van der Waals surface area contributed by atoms with Gasteiger partial charge in [-0.2, -0.15) is 5.26 Å². The van der Waals surface area contributed by atoms with Crippen molar-refractivity contribution in [3.8, 4) is 11.8 Å². The number of nitrogens with one attached hydrogen (secondary N) is 1. The van der Waals surface area contributed by atoms with Crippen molar-refractivity contribution in [3.05, 3.63) is 24.3 Å². The zero-order valence-corrected chi connectivity index (χ0v) is 10.6. The number of ether oxygens (including phenoxy) is 1. The van der Waals surface area contributed by atoms with Crippen LogP contribution in [0.5, 0.6) is 5.75 Å². The quantitative estimate of drug-likeness (QED) is 0.888. The van der Waals surface area contributed by atoms with Crippen molar-refractivity contribution in [2.24, 2.45) is 11.3 Å². The molecule has 94 valence electrons. The molecule has 0 saturated heterocycles. The van der Waals surface area contributed by atoms with Crippen LogP contribution >= 0.6 is 0 Å². The van der Waals surface area contributed by atoms with E-state index in [0.717, 1.165) is 0 Å². The highest BCUT2D eigenvalue weighted by molar-refractivity contribution is 5.98. The molecule has 1 aliphatic rings. The molecule has 4 nitrogen and oxygen atoms in total. The molecule has 0 unspecified atom stereocenters. The lowest BCUT2D eigenvalue weighted by atomic mass is 9.63. The van der Waals surface area contributed by atoms with Gasteiger partial charge in [0.15, 0.2) is 0 Å². The second-order valence-electron chi connectivity index (χ2n) is 4.89. The van der Waals surface area contributed by atoms with Gasteiger partial charge >= 0.3 is 0 Å². The van der Waals surface area contributed by atoms with Gasteiger partial charge in [0.05, 0.1) is 13.2 Å². The van der Waals surface area contributed by atoms with E-state index in [-0.39, 0.29) is 5.91 Å². The highest BCUT2D eigenvalue weighted by atomic mass is 16.5. The minimum Gasteiger partial charge on any atom is -0.497 e. The molecular weight excluding hydrogens is 228 g/mol. The number of anilines is 1. The van der Waals surface area contributed by atoms with Gasteiger partial charge < -0.3 is 10.1 Å². The van der Waals surface area contributed by atoms with Crippen LogP contribution in [-0.2, 0) is 4.79 Å². The lowest BCUT2D eigenvalue weighted by Crippen LogP contribution is -2.45. The Morgan fingerprint density at radius 1 is 1.56 bits per heavy atom. The van der Waals surface area contributed by atoms with Crippen LogP contribution in [0, 0.1) is 22.7 Å². The van der Waals surface area contributed by atoms with Crippen molar-refractivity contribution in [2.45, 2.75) is 19.8 Å². The molecule has 4 heteroatoms. The van der Waals surface area contributed by atoms with Crippen molar-refractivity contribution in [1.29, 1.82) is 5.26 Å². The van der Waals surface area contributed by atoms with Gasteiger partial charge in [-0.1, -0.05) is 13.0 Å². The first kappa shape index (κ1) is 12.4. The van der Waals surface area contributed by atoms with Crippen molar-refractivity contribution >= 4 is 11.6 Å². The van der Waals surface area contributed by atoms with Gasteiger partial charge in [0.1, 0.15) is 11.2 Å². The molecular formula is C14H16N2O2. The molecule has 0 atom stereocenters. The number of benzene rings is 1. The molecule has 2 rings (SSSR count). The summed E-state index contributed by atoms with van der Waals surface area (Å²) in [4.78, 5) is 12.1. The standard InChI is InChI=1S/C14H16N2O2/c1-10-7-14(8-10,9-15)13(17)16-11-4-3-5-12(6-11)18-2/h3-6,10H,7-8H2,1-2H3,(H,16,17). The van der Waals surface area contributed by atoms with E-state index in [1.54, 1.807) is 31.4 Å². The van der Waals surface area contributed by atoms with Gasteiger partial charge in [-0.25, -0.2) is 0 Å². The fourth-order valence-corrected chi connectivity index (χ4v) is 2.41. The summed E-state index contributed by atoms with van der Waals surface area (Å²) in [6.45, 7) is 2.05. The van der Waals surface area contributed by atoms with Crippen molar-refractivity contribution in [3.63, 3.8) is 0 Å². The maximum absolute atomic E-state index is 12.1. The molecule has 1 amide bonds. The summed E-state index contributed by atoms with van der Waals surface area (Å²) in [5.74, 6) is 0.915. The molecule has 1 fully saturated rings. The SMILES string of the molecule is COc1cccc(NC(=O)C2(C#N)CC(C)C2)c1. The number of rotatable bonds is 3. The second-order valence-corrected chi connectivity index (χ2v) is 4.89. The topological polar surface area (TPSA) is 62.1 Å². The third kappa shape index (κ3) is 2.17. The number of hydrogen-bond acceptors (Lipinski definition) is 3. The zero-order valence-electron chi connectivity index (χ0n) is 10.6. The Labute approximate surface area is 107 Å². The van der Waals surface area contributed by atoms with Gasteiger partial charge in [0.25, 0.3) is 0 Å². The number of carbonyl (C=O) groups is 1. The van der Waals surface area contributed by atoms with Crippen LogP contribution in [0.15, 0.2) is 24.3 Å². The number of methoxy groups -OCH3 is 1. The predicted octanol–water partition coefficient (Wildman–Crippen LogP) is 2.57. The smallest absolute Gasteiger partial charge is 0.244 e. The van der Waals surface area contributed by atoms with Gasteiger partial charge in [-0.3, -0.25) is 4.79 Å². The number of amides is 1. The first-order chi connectivity index (χ1) is 8.59. The summed E-state index contributed by atoms with van der Waals surface area (Å²) in [7, 11) is 1.57. The van der Waals surface area contributed by atoms with Gasteiger partial charge in [-0.15, -0.1) is 0 Å². The molecule has 1 aliphatic carbocycles. The Hall–Kier alpha value is -2.02. The van der Waals surface area contributed by atoms with Crippen molar-refractivity contribution in [2.75, 3.05) is 12.4 Å². The minimum absolute atomic E-state index is 0.212. The maximum atomic E-state index is 12.1. The first-order valence-electron chi connectivity index (χ1n) is 5.96. The molecule has 1 aromatic rings. The summed E-state index contributed by atoms with van der Waals surface area (Å²) in [6, 6.07) is 9.29. The van der Waals surface area contributed by atoms with E-state index in [2.05, 4.69) is 18.3 Å². The molecule has 0 spiro atoms. The van der Waals surface area contributed by atoms with Gasteiger partial charge in [0.2, 0.25) is 5.91 Å². The molecule has 0 heterocycles. The van der Waals surface area contributed by atoms with E-state index >= 15 is 0 Å². The molecule has 18 heavy (non-hydrogen) atoms. The third-order valence-electron chi connectivity index (χ3n) is 3.37. The average molecular weight is 244 g/mol. The highest BCUT2D eigenvalue weighted by Gasteiger charge is 2.48. The number of nitriles is 1. The van der Waals surface area contributed by atoms with Gasteiger partial charge in [0, 0.05) is 11.8 Å². The fraction of sp³-hybridized carbons (Fsp3) is 0.429. The van der Waals surface area contributed by atoms with Crippen LogP contribution in [0.2, 0.25) is 0 Å². The van der Waals surface area contributed by atoms with Crippen LogP contribution in [-0.4, -0.2) is 13.0 Å². The summed E-state index contributed by atoms with van der Waals surface area (Å²) < 4.78 is 5.09. The summed E-state index contributed by atoms with van der Waals surface area (Å²) in [6.07, 6.45) is 1.28. The normalized spacial score (nSPS) is 25.7. The van der Waals surface area contributed by atoms with Crippen LogP contribution < -0.4 is 10.1 Å². The second kappa shape index (κ2) is 4.69. The Balaban J connectivity index is 2.09. The highest BCUT2D eigenvalue weighted by Crippen LogP contribution is 2.45. The summed E-state index contributed by atoms with van der Waals surface area (Å²) in [5.41, 5.74) is -0.184. The molecule has 0 bridgehead atoms. The van der Waals surface area contributed by atoms with Crippen LogP contribution in [0.3, 0.4) is 0 Å². The monoisotopic (exact) mass is 244 g/mol. The molecule has 1 aromatic carbocycles. The van der Waals surface area contributed by atoms with Crippen LogP contribution in [0.4, 0.5) is 5.69 Å². The maximum Gasteiger partial charge on any atom is 0.244 e. The fourth-order valence-electron chi connectivity index (χ4n) is 2.41. The van der Waals surface area contributed by atoms with Crippen LogP contribution in [0.1, 0.15) is 19.8 Å². The van der Waals surface area contributed by atoms with Crippen LogP contribution in [0.25, 0.3) is 0 Å². The molecule has 1 N–H and O–H groups in total. The van der Waals surface area contributed by atoms with E-state index in [9.17, 15) is 4.79 Å². The Kier molecular flexibility index (Phi) is 3.24. The van der Waals surface area contributed by atoms with E-state index in [4.69, 9.17) is 10.00 Å². The number of carbonyl (C=O) groups excluding carboxylic acids is 1. The Morgan fingerprint density at radius 3 is 2.83 bits per heavy atom. The van der Waals surface area contributed by atoms with E-state index in [1.807, 2.05) is 0 Å². The third-order valence-corrected chi connectivity index (χ3v) is 3.37. The van der Waals surface area contributed by atoms with E-state index < -0.39 is 5.41 Å². The van der Waals surface area contributed by atoms with Gasteiger partial charge in [-0.05, 0) is 30.9 Å². The lowest BCUT2D eigenvalue weighted by molar-refractivity contribution is -0.128. The zero-order chi connectivity index (χ0) is 13.2. The summed E-state index contributed by atoms with van der Waals surface area (Å²) >= 11 is 0. The van der Waals surface area contributed by atoms with E-state index in [0.29, 0.717) is 30.2 Å². The number of hydrogen-bond donors (Lipinski definition) is 1. The molecule has 0 aromatic heterocycles. The predicted molar refractivity (Wildman–Crippen MR) is 68.1 cm³/mol. The largest absolute Gasteiger partial charge is 0.497 e. The minimum atomic E-state index is -0.845. The lowest BCUT2D eigenvalue weighted by Gasteiger charge is -2.39.